The van der Waals surface area contributed by atoms with Crippen molar-refractivity contribution < 1.29 is 9.18 Å². The number of Topliss-reactive ketones (excluding diaryl/α,β-unsaturated/α-hetero) is 1. The zero-order valence-electron chi connectivity index (χ0n) is 17.1. The SMILES string of the molecule is O=C(c1ccc2c(c1)NCCCC2)C(F)CC1CCN(Cc2ccccc2)CC1. The van der Waals surface area contributed by atoms with Gasteiger partial charge in [-0.1, -0.05) is 42.5 Å². The lowest BCUT2D eigenvalue weighted by Crippen LogP contribution is -2.34. The Morgan fingerprint density at radius 2 is 1.90 bits per heavy atom. The molecule has 1 saturated heterocycles. The Labute approximate surface area is 173 Å². The molecule has 0 saturated carbocycles. The van der Waals surface area contributed by atoms with Gasteiger partial charge >= 0.3 is 0 Å². The van der Waals surface area contributed by atoms with Crippen molar-refractivity contribution in [1.29, 1.82) is 0 Å². The van der Waals surface area contributed by atoms with E-state index in [9.17, 15) is 9.18 Å². The fraction of sp³-hybridized carbons (Fsp3) is 0.480. The van der Waals surface area contributed by atoms with Gasteiger partial charge in [0.15, 0.2) is 12.0 Å². The molecule has 2 aromatic rings. The number of carbonyl (C=O) groups excluding carboxylic acids is 1. The number of hydrogen-bond acceptors (Lipinski definition) is 3. The smallest absolute Gasteiger partial charge is 0.196 e. The van der Waals surface area contributed by atoms with Crippen LogP contribution in [-0.2, 0) is 13.0 Å². The van der Waals surface area contributed by atoms with Gasteiger partial charge in [-0.15, -0.1) is 0 Å². The standard InChI is InChI=1S/C25H31FN2O/c26-23(25(29)22-10-9-21-8-4-5-13-27-24(21)17-22)16-19-11-14-28(15-12-19)18-20-6-2-1-3-7-20/h1-3,6-7,9-10,17,19,23,27H,4-5,8,11-16,18H2. The van der Waals surface area contributed by atoms with Crippen LogP contribution in [0.5, 0.6) is 0 Å². The number of hydrogen-bond donors (Lipinski definition) is 1. The summed E-state index contributed by atoms with van der Waals surface area (Å²) in [6.07, 6.45) is 4.19. The van der Waals surface area contributed by atoms with Crippen LogP contribution in [0.4, 0.5) is 10.1 Å². The first-order valence-electron chi connectivity index (χ1n) is 11.0. The summed E-state index contributed by atoms with van der Waals surface area (Å²) in [6, 6.07) is 16.1. The van der Waals surface area contributed by atoms with E-state index >= 15 is 0 Å². The summed E-state index contributed by atoms with van der Waals surface area (Å²) in [7, 11) is 0. The highest BCUT2D eigenvalue weighted by Crippen LogP contribution is 2.28. The van der Waals surface area contributed by atoms with Crippen molar-refractivity contribution in [3.05, 3.63) is 65.2 Å². The lowest BCUT2D eigenvalue weighted by Gasteiger charge is -2.32. The number of nitrogens with one attached hydrogen (secondary N) is 1. The van der Waals surface area contributed by atoms with Gasteiger partial charge in [0.25, 0.3) is 0 Å². The zero-order chi connectivity index (χ0) is 20.1. The van der Waals surface area contributed by atoms with Crippen LogP contribution in [0.3, 0.4) is 0 Å². The fourth-order valence-electron chi connectivity index (χ4n) is 4.58. The van der Waals surface area contributed by atoms with E-state index in [-0.39, 0.29) is 5.78 Å². The van der Waals surface area contributed by atoms with Crippen molar-refractivity contribution in [2.45, 2.75) is 51.2 Å². The molecule has 1 unspecified atom stereocenters. The first-order valence-corrected chi connectivity index (χ1v) is 11.0. The average molecular weight is 395 g/mol. The molecule has 4 rings (SSSR count). The van der Waals surface area contributed by atoms with Gasteiger partial charge in [-0.05, 0) is 74.7 Å². The van der Waals surface area contributed by atoms with Gasteiger partial charge in [0.05, 0.1) is 0 Å². The molecule has 1 N–H and O–H groups in total. The van der Waals surface area contributed by atoms with Crippen LogP contribution >= 0.6 is 0 Å². The third-order valence-electron chi connectivity index (χ3n) is 6.36. The molecule has 154 valence electrons. The third-order valence-corrected chi connectivity index (χ3v) is 6.36. The van der Waals surface area contributed by atoms with Gasteiger partial charge in [0.1, 0.15) is 0 Å². The predicted octanol–water partition coefficient (Wildman–Crippen LogP) is 5.26. The first-order chi connectivity index (χ1) is 14.2. The predicted molar refractivity (Wildman–Crippen MR) is 116 cm³/mol. The molecule has 0 amide bonds. The molecule has 0 bridgehead atoms. The highest BCUT2D eigenvalue weighted by atomic mass is 19.1. The zero-order valence-corrected chi connectivity index (χ0v) is 17.1. The Morgan fingerprint density at radius 1 is 1.10 bits per heavy atom. The van der Waals surface area contributed by atoms with Crippen molar-refractivity contribution >= 4 is 11.5 Å². The molecule has 2 aromatic carbocycles. The number of benzene rings is 2. The monoisotopic (exact) mass is 394 g/mol. The number of fused-ring (bicyclic) bond motifs is 1. The van der Waals surface area contributed by atoms with Gasteiger partial charge in [0.2, 0.25) is 0 Å². The lowest BCUT2D eigenvalue weighted by atomic mass is 9.89. The van der Waals surface area contributed by atoms with Crippen LogP contribution in [0.15, 0.2) is 48.5 Å². The van der Waals surface area contributed by atoms with Crippen molar-refractivity contribution in [2.75, 3.05) is 25.0 Å². The number of aryl methyl sites for hydroxylation is 1. The number of piperidine rings is 1. The van der Waals surface area contributed by atoms with Gasteiger partial charge in [-0.2, -0.15) is 0 Å². The largest absolute Gasteiger partial charge is 0.385 e. The molecule has 0 aliphatic carbocycles. The van der Waals surface area contributed by atoms with Gasteiger partial charge in [0, 0.05) is 24.3 Å². The van der Waals surface area contributed by atoms with E-state index in [0.717, 1.165) is 64.0 Å². The number of rotatable bonds is 6. The normalized spacial score (nSPS) is 19.1. The third kappa shape index (κ3) is 5.24. The maximum absolute atomic E-state index is 14.8. The Balaban J connectivity index is 1.29. The fourth-order valence-corrected chi connectivity index (χ4v) is 4.58. The Morgan fingerprint density at radius 3 is 2.69 bits per heavy atom. The minimum atomic E-state index is -1.40. The van der Waals surface area contributed by atoms with Crippen LogP contribution < -0.4 is 5.32 Å². The van der Waals surface area contributed by atoms with E-state index in [1.807, 2.05) is 24.3 Å². The molecule has 3 nitrogen and oxygen atoms in total. The van der Waals surface area contributed by atoms with Crippen LogP contribution in [0.1, 0.15) is 53.6 Å². The Hall–Kier alpha value is -2.20. The van der Waals surface area contributed by atoms with Crippen molar-refractivity contribution in [3.63, 3.8) is 0 Å². The Kier molecular flexibility index (Phi) is 6.60. The van der Waals surface area contributed by atoms with Crippen molar-refractivity contribution in [3.8, 4) is 0 Å². The molecule has 2 aliphatic rings. The van der Waals surface area contributed by atoms with E-state index in [0.29, 0.717) is 17.9 Å². The number of halogens is 1. The minimum absolute atomic E-state index is 0.292. The van der Waals surface area contributed by atoms with Gasteiger partial charge in [-0.25, -0.2) is 4.39 Å². The lowest BCUT2D eigenvalue weighted by molar-refractivity contribution is 0.0818. The average Bonchev–Trinajstić information content (AvgIpc) is 3.00. The number of nitrogens with zero attached hydrogens (tertiary/aromatic N) is 1. The van der Waals surface area contributed by atoms with E-state index in [4.69, 9.17) is 0 Å². The second-order valence-electron chi connectivity index (χ2n) is 8.53. The number of anilines is 1. The maximum Gasteiger partial charge on any atom is 0.196 e. The molecular formula is C25H31FN2O. The molecule has 1 fully saturated rings. The molecule has 0 radical (unpaired) electrons. The summed E-state index contributed by atoms with van der Waals surface area (Å²) in [4.78, 5) is 15.1. The number of alkyl halides is 1. The summed E-state index contributed by atoms with van der Waals surface area (Å²) in [6.45, 7) is 3.82. The van der Waals surface area contributed by atoms with E-state index in [2.05, 4.69) is 34.5 Å². The molecule has 2 heterocycles. The van der Waals surface area contributed by atoms with Crippen LogP contribution in [0, 0.1) is 5.92 Å². The second kappa shape index (κ2) is 9.53. The quantitative estimate of drug-likeness (QED) is 0.679. The highest BCUT2D eigenvalue weighted by Gasteiger charge is 2.27. The van der Waals surface area contributed by atoms with Crippen LogP contribution in [0.25, 0.3) is 0 Å². The molecule has 4 heteroatoms. The number of likely N-dealkylation sites (tertiary alicyclic amines) is 1. The molecule has 29 heavy (non-hydrogen) atoms. The second-order valence-corrected chi connectivity index (χ2v) is 8.53. The van der Waals surface area contributed by atoms with E-state index < -0.39 is 6.17 Å². The summed E-state index contributed by atoms with van der Waals surface area (Å²) in [5, 5.41) is 3.39. The first kappa shape index (κ1) is 20.1. The summed E-state index contributed by atoms with van der Waals surface area (Å²) in [5.41, 5.74) is 4.07. The maximum atomic E-state index is 14.8. The topological polar surface area (TPSA) is 32.3 Å². The molecular weight excluding hydrogens is 363 g/mol. The number of ketones is 1. The van der Waals surface area contributed by atoms with Crippen molar-refractivity contribution in [1.82, 2.24) is 4.90 Å². The van der Waals surface area contributed by atoms with Crippen molar-refractivity contribution in [2.24, 2.45) is 5.92 Å². The minimum Gasteiger partial charge on any atom is -0.385 e. The summed E-state index contributed by atoms with van der Waals surface area (Å²) in [5.74, 6) is -0.0644. The molecule has 0 spiro atoms. The van der Waals surface area contributed by atoms with Crippen LogP contribution in [-0.4, -0.2) is 36.5 Å². The highest BCUT2D eigenvalue weighted by molar-refractivity contribution is 6.00. The van der Waals surface area contributed by atoms with E-state index in [1.54, 1.807) is 0 Å². The van der Waals surface area contributed by atoms with E-state index in [1.165, 1.54) is 11.1 Å². The molecule has 1 atom stereocenters. The van der Waals surface area contributed by atoms with Crippen LogP contribution in [0.2, 0.25) is 0 Å². The van der Waals surface area contributed by atoms with Gasteiger partial charge < -0.3 is 5.32 Å². The van der Waals surface area contributed by atoms with Gasteiger partial charge in [-0.3, -0.25) is 9.69 Å². The number of carbonyl (C=O) groups is 1. The Bertz CT molecular complexity index is 815. The summed E-state index contributed by atoms with van der Waals surface area (Å²) < 4.78 is 14.8. The molecule has 2 aliphatic heterocycles. The molecule has 0 aromatic heterocycles. The summed E-state index contributed by atoms with van der Waals surface area (Å²) >= 11 is 0.